The third kappa shape index (κ3) is 3.27. The molecule has 0 aliphatic heterocycles. The lowest BCUT2D eigenvalue weighted by molar-refractivity contribution is 1.14. The molecular weight excluding hydrogens is 252 g/mol. The highest BCUT2D eigenvalue weighted by atomic mass is 35.5. The zero-order valence-corrected chi connectivity index (χ0v) is 12.2. The van der Waals surface area contributed by atoms with Crippen molar-refractivity contribution < 1.29 is 0 Å². The Morgan fingerprint density at radius 1 is 0.789 bits per heavy atom. The number of hydrogen-bond donors (Lipinski definition) is 0. The van der Waals surface area contributed by atoms with Gasteiger partial charge in [0, 0.05) is 11.1 Å². The molecule has 0 unspecified atom stereocenters. The molecule has 0 radical (unpaired) electrons. The van der Waals surface area contributed by atoms with Crippen molar-refractivity contribution in [1.82, 2.24) is 0 Å². The monoisotopic (exact) mass is 270 g/mol. The average molecular weight is 271 g/mol. The highest BCUT2D eigenvalue weighted by Gasteiger charge is 2.04. The standard InChI is InChI=1S/C18H19Cl/c1-3-14-5-9-16(10-6-14)18(13-19)17-11-7-15(4-2)8-12-17/h5-13H,3-4H2,1-2H3. The molecule has 1 heteroatoms. The Kier molecular flexibility index (Phi) is 4.81. The minimum absolute atomic E-state index is 1.06. The van der Waals surface area contributed by atoms with Crippen molar-refractivity contribution in [1.29, 1.82) is 0 Å². The first-order valence-corrected chi connectivity index (χ1v) is 7.21. The molecule has 2 aromatic carbocycles. The molecule has 0 spiro atoms. The Balaban J connectivity index is 2.32. The van der Waals surface area contributed by atoms with E-state index in [1.807, 2.05) is 0 Å². The second-order valence-electron chi connectivity index (χ2n) is 4.62. The quantitative estimate of drug-likeness (QED) is 0.694. The van der Waals surface area contributed by atoms with Crippen LogP contribution in [0.5, 0.6) is 0 Å². The molecule has 0 aliphatic rings. The number of hydrogen-bond acceptors (Lipinski definition) is 0. The molecule has 0 fully saturated rings. The highest BCUT2D eigenvalue weighted by Crippen LogP contribution is 2.25. The maximum Gasteiger partial charge on any atom is 0.0127 e. The molecule has 0 saturated heterocycles. The summed E-state index contributed by atoms with van der Waals surface area (Å²) in [5, 5.41) is 0. The first kappa shape index (κ1) is 13.9. The van der Waals surface area contributed by atoms with E-state index in [0.29, 0.717) is 0 Å². The Morgan fingerprint density at radius 2 is 1.16 bits per heavy atom. The topological polar surface area (TPSA) is 0 Å². The molecule has 0 N–H and O–H groups in total. The van der Waals surface area contributed by atoms with Crippen LogP contribution in [0.4, 0.5) is 0 Å². The van der Waals surface area contributed by atoms with Crippen LogP contribution in [0, 0.1) is 0 Å². The summed E-state index contributed by atoms with van der Waals surface area (Å²) in [5.74, 6) is 0. The molecule has 2 aromatic rings. The summed E-state index contributed by atoms with van der Waals surface area (Å²) < 4.78 is 0. The SMILES string of the molecule is CCc1ccc(C(=CCl)c2ccc(CC)cc2)cc1. The van der Waals surface area contributed by atoms with E-state index in [2.05, 4.69) is 62.4 Å². The molecule has 19 heavy (non-hydrogen) atoms. The molecule has 0 bridgehead atoms. The summed E-state index contributed by atoms with van der Waals surface area (Å²) in [6.07, 6.45) is 2.12. The van der Waals surface area contributed by atoms with Gasteiger partial charge in [-0.3, -0.25) is 0 Å². The van der Waals surface area contributed by atoms with E-state index in [0.717, 1.165) is 29.5 Å². The second kappa shape index (κ2) is 6.58. The summed E-state index contributed by atoms with van der Waals surface area (Å²) in [6.45, 7) is 4.33. The molecule has 98 valence electrons. The van der Waals surface area contributed by atoms with Gasteiger partial charge in [0.1, 0.15) is 0 Å². The van der Waals surface area contributed by atoms with E-state index in [4.69, 9.17) is 11.6 Å². The van der Waals surface area contributed by atoms with E-state index in [1.165, 1.54) is 11.1 Å². The predicted octanol–water partition coefficient (Wildman–Crippen LogP) is 5.44. The number of rotatable bonds is 4. The second-order valence-corrected chi connectivity index (χ2v) is 4.84. The van der Waals surface area contributed by atoms with Crippen LogP contribution in [0.2, 0.25) is 0 Å². The molecule has 0 atom stereocenters. The Bertz CT molecular complexity index is 498. The molecular formula is C18H19Cl. The van der Waals surface area contributed by atoms with Crippen molar-refractivity contribution in [3.05, 3.63) is 76.3 Å². The van der Waals surface area contributed by atoms with Crippen molar-refractivity contribution in [2.75, 3.05) is 0 Å². The van der Waals surface area contributed by atoms with Gasteiger partial charge in [-0.15, -0.1) is 0 Å². The lowest BCUT2D eigenvalue weighted by Gasteiger charge is -2.09. The fourth-order valence-corrected chi connectivity index (χ4v) is 2.38. The van der Waals surface area contributed by atoms with Gasteiger partial charge in [0.05, 0.1) is 0 Å². The zero-order valence-electron chi connectivity index (χ0n) is 11.5. The van der Waals surface area contributed by atoms with E-state index in [-0.39, 0.29) is 0 Å². The first-order valence-electron chi connectivity index (χ1n) is 6.77. The van der Waals surface area contributed by atoms with E-state index in [9.17, 15) is 0 Å². The summed E-state index contributed by atoms with van der Waals surface area (Å²) in [5.41, 5.74) is 7.76. The van der Waals surface area contributed by atoms with Crippen molar-refractivity contribution >= 4 is 17.2 Å². The van der Waals surface area contributed by atoms with E-state index >= 15 is 0 Å². The highest BCUT2D eigenvalue weighted by molar-refractivity contribution is 6.29. The van der Waals surface area contributed by atoms with Gasteiger partial charge in [-0.2, -0.15) is 0 Å². The van der Waals surface area contributed by atoms with Crippen LogP contribution < -0.4 is 0 Å². The van der Waals surface area contributed by atoms with Gasteiger partial charge in [-0.1, -0.05) is 74.0 Å². The largest absolute Gasteiger partial charge is 0.0923 e. The van der Waals surface area contributed by atoms with E-state index in [1.54, 1.807) is 5.54 Å². The van der Waals surface area contributed by atoms with Crippen LogP contribution in [0.15, 0.2) is 54.1 Å². The number of halogens is 1. The van der Waals surface area contributed by atoms with Crippen molar-refractivity contribution in [2.45, 2.75) is 26.7 Å². The van der Waals surface area contributed by atoms with Gasteiger partial charge in [0.25, 0.3) is 0 Å². The van der Waals surface area contributed by atoms with E-state index < -0.39 is 0 Å². The minimum Gasteiger partial charge on any atom is -0.0923 e. The zero-order chi connectivity index (χ0) is 13.7. The van der Waals surface area contributed by atoms with Gasteiger partial charge in [0.2, 0.25) is 0 Å². The van der Waals surface area contributed by atoms with Gasteiger partial charge in [0.15, 0.2) is 0 Å². The minimum atomic E-state index is 1.06. The first-order chi connectivity index (χ1) is 9.28. The summed E-state index contributed by atoms with van der Waals surface area (Å²) in [4.78, 5) is 0. The van der Waals surface area contributed by atoms with Gasteiger partial charge >= 0.3 is 0 Å². The molecule has 0 amide bonds. The molecule has 0 aromatic heterocycles. The van der Waals surface area contributed by atoms with Gasteiger partial charge in [-0.05, 0) is 35.1 Å². The van der Waals surface area contributed by atoms with Crippen LogP contribution in [-0.4, -0.2) is 0 Å². The predicted molar refractivity (Wildman–Crippen MR) is 84.6 cm³/mol. The van der Waals surface area contributed by atoms with Crippen LogP contribution >= 0.6 is 11.6 Å². The summed E-state index contributed by atoms with van der Waals surface area (Å²) in [7, 11) is 0. The van der Waals surface area contributed by atoms with Gasteiger partial charge in [-0.25, -0.2) is 0 Å². The Labute approximate surface area is 120 Å². The number of benzene rings is 2. The fraction of sp³-hybridized carbons (Fsp3) is 0.222. The summed E-state index contributed by atoms with van der Waals surface area (Å²) >= 11 is 6.02. The molecule has 2 rings (SSSR count). The molecule has 0 heterocycles. The van der Waals surface area contributed by atoms with Crippen molar-refractivity contribution in [2.24, 2.45) is 0 Å². The van der Waals surface area contributed by atoms with Crippen LogP contribution in [0.3, 0.4) is 0 Å². The Hall–Kier alpha value is -1.53. The maximum absolute atomic E-state index is 6.02. The lowest BCUT2D eigenvalue weighted by Crippen LogP contribution is -1.89. The third-order valence-corrected chi connectivity index (χ3v) is 3.67. The Morgan fingerprint density at radius 3 is 1.42 bits per heavy atom. The van der Waals surface area contributed by atoms with Crippen molar-refractivity contribution in [3.63, 3.8) is 0 Å². The van der Waals surface area contributed by atoms with Crippen LogP contribution in [0.1, 0.15) is 36.1 Å². The number of aryl methyl sites for hydroxylation is 2. The summed E-state index contributed by atoms with van der Waals surface area (Å²) in [6, 6.07) is 17.2. The lowest BCUT2D eigenvalue weighted by atomic mass is 9.97. The average Bonchev–Trinajstić information content (AvgIpc) is 2.49. The van der Waals surface area contributed by atoms with Crippen LogP contribution in [0.25, 0.3) is 5.57 Å². The van der Waals surface area contributed by atoms with Crippen LogP contribution in [-0.2, 0) is 12.8 Å². The smallest absolute Gasteiger partial charge is 0.0127 e. The maximum atomic E-state index is 6.02. The van der Waals surface area contributed by atoms with Crippen molar-refractivity contribution in [3.8, 4) is 0 Å². The molecule has 0 aliphatic carbocycles. The normalized spacial score (nSPS) is 10.3. The van der Waals surface area contributed by atoms with Gasteiger partial charge < -0.3 is 0 Å². The molecule has 0 saturated carbocycles. The third-order valence-electron chi connectivity index (χ3n) is 3.46. The molecule has 0 nitrogen and oxygen atoms in total. The fourth-order valence-electron chi connectivity index (χ4n) is 2.13.